The second-order valence-electron chi connectivity index (χ2n) is 5.94. The van der Waals surface area contributed by atoms with Crippen LogP contribution in [-0.2, 0) is 14.8 Å². The first-order valence-corrected chi connectivity index (χ1v) is 9.65. The van der Waals surface area contributed by atoms with Crippen LogP contribution in [0.2, 0.25) is 0 Å². The maximum Gasteiger partial charge on any atom is 0.407 e. The quantitative estimate of drug-likeness (QED) is 0.864. The molecule has 1 N–H and O–H groups in total. The maximum absolute atomic E-state index is 12.5. The van der Waals surface area contributed by atoms with E-state index in [0.29, 0.717) is 39.0 Å². The van der Waals surface area contributed by atoms with E-state index in [0.717, 1.165) is 11.3 Å². The Bertz CT molecular complexity index is 668. The topological polar surface area (TPSA) is 100 Å². The molecule has 0 radical (unpaired) electrons. The van der Waals surface area contributed by atoms with Crippen molar-refractivity contribution in [2.24, 2.45) is 0 Å². The number of hydrogen-bond acceptors (Lipinski definition) is 6. The lowest BCUT2D eigenvalue weighted by Gasteiger charge is -2.37. The smallest absolute Gasteiger partial charge is 0.407 e. The van der Waals surface area contributed by atoms with E-state index in [1.54, 1.807) is 12.4 Å². The molecule has 1 amide bonds. The van der Waals surface area contributed by atoms with Crippen LogP contribution < -0.4 is 0 Å². The van der Waals surface area contributed by atoms with Crippen LogP contribution in [0.15, 0.2) is 15.9 Å². The van der Waals surface area contributed by atoms with Gasteiger partial charge < -0.3 is 14.7 Å². The summed E-state index contributed by atoms with van der Waals surface area (Å²) in [6, 6.07) is -0.250. The Morgan fingerprint density at radius 1 is 1.52 bits per heavy atom. The molecule has 10 heteroatoms. The highest BCUT2D eigenvalue weighted by molar-refractivity contribution is 7.91. The monoisotopic (exact) mass is 361 g/mol. The fourth-order valence-electron chi connectivity index (χ4n) is 3.16. The van der Waals surface area contributed by atoms with Crippen molar-refractivity contribution in [2.45, 2.75) is 35.2 Å². The van der Waals surface area contributed by atoms with E-state index in [1.807, 2.05) is 0 Å². The zero-order chi connectivity index (χ0) is 16.7. The number of nitrogens with zero attached hydrogens (tertiary/aromatic N) is 3. The lowest BCUT2D eigenvalue weighted by molar-refractivity contribution is -0.0396. The third-order valence-electron chi connectivity index (χ3n) is 4.66. The molecule has 0 bridgehead atoms. The van der Waals surface area contributed by atoms with Crippen LogP contribution in [0.3, 0.4) is 0 Å². The van der Waals surface area contributed by atoms with E-state index < -0.39 is 21.7 Å². The molecular weight excluding hydrogens is 342 g/mol. The zero-order valence-electron chi connectivity index (χ0n) is 12.7. The van der Waals surface area contributed by atoms with Crippen molar-refractivity contribution in [3.8, 4) is 0 Å². The first-order chi connectivity index (χ1) is 10.8. The lowest BCUT2D eigenvalue weighted by Crippen LogP contribution is -2.46. The molecule has 1 atom stereocenters. The molecule has 2 saturated heterocycles. The Morgan fingerprint density at radius 2 is 2.22 bits per heavy atom. The van der Waals surface area contributed by atoms with E-state index >= 15 is 0 Å². The average Bonchev–Trinajstić information content (AvgIpc) is 3.17. The second kappa shape index (κ2) is 6.00. The third kappa shape index (κ3) is 3.08. The number of carboxylic acid groups (broad SMARTS) is 1. The number of hydrogen-bond donors (Lipinski definition) is 1. The Labute approximate surface area is 138 Å². The van der Waals surface area contributed by atoms with Crippen molar-refractivity contribution < 1.29 is 23.1 Å². The highest BCUT2D eigenvalue weighted by atomic mass is 32.2. The van der Waals surface area contributed by atoms with Crippen LogP contribution >= 0.6 is 11.3 Å². The fourth-order valence-corrected chi connectivity index (χ4v) is 5.50. The van der Waals surface area contributed by atoms with Crippen LogP contribution in [0, 0.1) is 0 Å². The van der Waals surface area contributed by atoms with Crippen molar-refractivity contribution in [1.29, 1.82) is 0 Å². The van der Waals surface area contributed by atoms with Gasteiger partial charge in [-0.2, -0.15) is 4.31 Å². The molecule has 1 unspecified atom stereocenters. The maximum atomic E-state index is 12.5. The molecule has 2 fully saturated rings. The minimum atomic E-state index is -3.60. The largest absolute Gasteiger partial charge is 0.465 e. The van der Waals surface area contributed by atoms with Gasteiger partial charge in [0.05, 0.1) is 18.2 Å². The Balaban J connectivity index is 1.67. The van der Waals surface area contributed by atoms with Gasteiger partial charge in [-0.25, -0.2) is 18.2 Å². The molecule has 0 aromatic carbocycles. The summed E-state index contributed by atoms with van der Waals surface area (Å²) in [7, 11) is -2.05. The van der Waals surface area contributed by atoms with Crippen LogP contribution in [0.4, 0.5) is 4.79 Å². The van der Waals surface area contributed by atoms with Gasteiger partial charge in [-0.3, -0.25) is 0 Å². The summed E-state index contributed by atoms with van der Waals surface area (Å²) in [5, 5.41) is 10.6. The standard InChI is InChI=1S/C13H19N3O5S2/c1-15(23(19,20)11-14-4-7-22-11)10-8-13(21-9-10)2-5-16(6-3-13)12(17)18/h4,7,10H,2-3,5-6,8-9H2,1H3,(H,17,18). The Morgan fingerprint density at radius 3 is 2.78 bits per heavy atom. The normalized spacial score (nSPS) is 24.4. The number of aromatic nitrogens is 1. The Kier molecular flexibility index (Phi) is 4.34. The molecule has 1 aromatic heterocycles. The predicted octanol–water partition coefficient (Wildman–Crippen LogP) is 1.07. The lowest BCUT2D eigenvalue weighted by atomic mass is 9.87. The number of thiazole rings is 1. The second-order valence-corrected chi connectivity index (χ2v) is 9.01. The molecule has 8 nitrogen and oxygen atoms in total. The van der Waals surface area contributed by atoms with Gasteiger partial charge in [0, 0.05) is 31.7 Å². The van der Waals surface area contributed by atoms with Gasteiger partial charge in [-0.1, -0.05) is 0 Å². The molecule has 3 heterocycles. The van der Waals surface area contributed by atoms with Crippen molar-refractivity contribution in [3.05, 3.63) is 11.6 Å². The zero-order valence-corrected chi connectivity index (χ0v) is 14.3. The number of ether oxygens (including phenoxy) is 1. The highest BCUT2D eigenvalue weighted by Gasteiger charge is 2.46. The summed E-state index contributed by atoms with van der Waals surface area (Å²) in [4.78, 5) is 16.2. The van der Waals surface area contributed by atoms with Crippen LogP contribution in [0.5, 0.6) is 0 Å². The summed E-state index contributed by atoms with van der Waals surface area (Å²) in [5.74, 6) is 0. The Hall–Kier alpha value is -1.23. The average molecular weight is 361 g/mol. The molecule has 0 aliphatic carbocycles. The highest BCUT2D eigenvalue weighted by Crippen LogP contribution is 2.38. The number of amides is 1. The number of likely N-dealkylation sites (N-methyl/N-ethyl adjacent to an activating group) is 1. The minimum Gasteiger partial charge on any atom is -0.465 e. The van der Waals surface area contributed by atoms with E-state index in [4.69, 9.17) is 9.84 Å². The number of likely N-dealkylation sites (tertiary alicyclic amines) is 1. The van der Waals surface area contributed by atoms with Gasteiger partial charge in [-0.05, 0) is 19.3 Å². The van der Waals surface area contributed by atoms with Gasteiger partial charge in [0.25, 0.3) is 10.0 Å². The van der Waals surface area contributed by atoms with Gasteiger partial charge in [0.1, 0.15) is 0 Å². The van der Waals surface area contributed by atoms with E-state index in [-0.39, 0.29) is 10.4 Å². The first kappa shape index (κ1) is 16.6. The molecule has 0 saturated carbocycles. The van der Waals surface area contributed by atoms with Gasteiger partial charge >= 0.3 is 6.09 Å². The molecule has 2 aliphatic rings. The summed E-state index contributed by atoms with van der Waals surface area (Å²) in [5.41, 5.74) is -0.413. The SMILES string of the molecule is CN(C1COC2(CCN(C(=O)O)CC2)C1)S(=O)(=O)c1nccs1. The predicted molar refractivity (Wildman–Crippen MR) is 83.0 cm³/mol. The van der Waals surface area contributed by atoms with Gasteiger partial charge in [-0.15, -0.1) is 11.3 Å². The summed E-state index contributed by atoms with van der Waals surface area (Å²) in [6.45, 7) is 1.17. The van der Waals surface area contributed by atoms with E-state index in [2.05, 4.69) is 4.98 Å². The molecule has 1 aromatic rings. The van der Waals surface area contributed by atoms with Crippen LogP contribution in [0.25, 0.3) is 0 Å². The van der Waals surface area contributed by atoms with Gasteiger partial charge in [0.2, 0.25) is 4.34 Å². The molecule has 128 valence electrons. The molecule has 2 aliphatic heterocycles. The minimum absolute atomic E-state index is 0.0849. The fraction of sp³-hybridized carbons (Fsp3) is 0.692. The van der Waals surface area contributed by atoms with Crippen molar-refractivity contribution >= 4 is 27.5 Å². The van der Waals surface area contributed by atoms with Crippen molar-refractivity contribution in [3.63, 3.8) is 0 Å². The number of rotatable bonds is 3. The van der Waals surface area contributed by atoms with Crippen LogP contribution in [0.1, 0.15) is 19.3 Å². The summed E-state index contributed by atoms with van der Waals surface area (Å²) in [6.07, 6.45) is 2.33. The van der Waals surface area contributed by atoms with Crippen molar-refractivity contribution in [1.82, 2.24) is 14.2 Å². The third-order valence-corrected chi connectivity index (χ3v) is 7.75. The van der Waals surface area contributed by atoms with Gasteiger partial charge in [0.15, 0.2) is 0 Å². The number of sulfonamides is 1. The number of piperidine rings is 1. The summed E-state index contributed by atoms with van der Waals surface area (Å²) < 4.78 is 32.4. The molecule has 23 heavy (non-hydrogen) atoms. The first-order valence-electron chi connectivity index (χ1n) is 7.33. The van der Waals surface area contributed by atoms with E-state index in [9.17, 15) is 13.2 Å². The number of carbonyl (C=O) groups is 1. The molecule has 3 rings (SSSR count). The van der Waals surface area contributed by atoms with E-state index in [1.165, 1.54) is 15.4 Å². The van der Waals surface area contributed by atoms with Crippen molar-refractivity contribution in [2.75, 3.05) is 26.7 Å². The molecular formula is C13H19N3O5S2. The van der Waals surface area contributed by atoms with Crippen LogP contribution in [-0.4, -0.2) is 72.2 Å². The molecule has 1 spiro atoms. The summed E-state index contributed by atoms with van der Waals surface area (Å²) >= 11 is 1.09.